The van der Waals surface area contributed by atoms with Gasteiger partial charge in [-0.1, -0.05) is 12.1 Å². The van der Waals surface area contributed by atoms with Crippen molar-refractivity contribution in [1.82, 2.24) is 5.32 Å². The summed E-state index contributed by atoms with van der Waals surface area (Å²) < 4.78 is 13.0. The second kappa shape index (κ2) is 4.73. The van der Waals surface area contributed by atoms with E-state index in [4.69, 9.17) is 10.0 Å². The summed E-state index contributed by atoms with van der Waals surface area (Å²) in [6.07, 6.45) is 0.446. The van der Waals surface area contributed by atoms with E-state index in [1.807, 2.05) is 0 Å². The third-order valence-electron chi connectivity index (χ3n) is 1.74. The summed E-state index contributed by atoms with van der Waals surface area (Å²) in [5, 5.41) is 19.9. The van der Waals surface area contributed by atoms with Gasteiger partial charge in [-0.05, 0) is 11.5 Å². The van der Waals surface area contributed by atoms with Crippen LogP contribution >= 0.6 is 0 Å². The van der Waals surface area contributed by atoms with Crippen LogP contribution in [-0.2, 0) is 11.3 Å². The van der Waals surface area contributed by atoms with Gasteiger partial charge in [-0.2, -0.15) is 0 Å². The van der Waals surface area contributed by atoms with Crippen LogP contribution in [0.5, 0.6) is 0 Å². The Kier molecular flexibility index (Phi) is 3.61. The first-order valence-corrected chi connectivity index (χ1v) is 3.96. The molecule has 0 radical (unpaired) electrons. The van der Waals surface area contributed by atoms with E-state index in [2.05, 4.69) is 5.32 Å². The highest BCUT2D eigenvalue weighted by atomic mass is 19.1. The lowest BCUT2D eigenvalue weighted by atomic mass is 9.79. The zero-order valence-corrected chi connectivity index (χ0v) is 7.27. The molecule has 0 heterocycles. The Bertz CT molecular complexity index is 332. The molecule has 1 amide bonds. The number of amides is 1. The highest BCUT2D eigenvalue weighted by Gasteiger charge is 2.12. The van der Waals surface area contributed by atoms with E-state index in [9.17, 15) is 9.18 Å². The molecule has 0 aliphatic heterocycles. The van der Waals surface area contributed by atoms with Crippen LogP contribution in [0.15, 0.2) is 18.2 Å². The van der Waals surface area contributed by atoms with Crippen molar-refractivity contribution in [3.63, 3.8) is 0 Å². The second-order valence-corrected chi connectivity index (χ2v) is 2.72. The fourth-order valence-corrected chi connectivity index (χ4v) is 1.04. The summed E-state index contributed by atoms with van der Waals surface area (Å²) in [6, 6.07) is 3.68. The molecule has 14 heavy (non-hydrogen) atoms. The second-order valence-electron chi connectivity index (χ2n) is 2.72. The van der Waals surface area contributed by atoms with Gasteiger partial charge in [0.2, 0.25) is 6.41 Å². The minimum absolute atomic E-state index is 0.0237. The van der Waals surface area contributed by atoms with Crippen molar-refractivity contribution in [3.05, 3.63) is 29.6 Å². The summed E-state index contributed by atoms with van der Waals surface area (Å²) in [5.41, 5.74) is 0.400. The molecule has 6 heteroatoms. The van der Waals surface area contributed by atoms with Crippen LogP contribution in [0.25, 0.3) is 0 Å². The van der Waals surface area contributed by atoms with Crippen molar-refractivity contribution in [2.45, 2.75) is 6.54 Å². The molecule has 0 spiro atoms. The van der Waals surface area contributed by atoms with E-state index in [1.165, 1.54) is 12.1 Å². The molecule has 0 aliphatic rings. The topological polar surface area (TPSA) is 69.6 Å². The number of halogens is 1. The van der Waals surface area contributed by atoms with Gasteiger partial charge < -0.3 is 15.4 Å². The molecule has 1 rings (SSSR count). The van der Waals surface area contributed by atoms with Crippen molar-refractivity contribution in [2.75, 3.05) is 0 Å². The van der Waals surface area contributed by atoms with Gasteiger partial charge in [-0.15, -0.1) is 0 Å². The van der Waals surface area contributed by atoms with E-state index in [0.29, 0.717) is 6.41 Å². The number of carbonyl (C=O) groups is 1. The number of rotatable bonds is 4. The predicted molar refractivity (Wildman–Crippen MR) is 49.1 cm³/mol. The number of benzene rings is 1. The molecule has 0 saturated heterocycles. The summed E-state index contributed by atoms with van der Waals surface area (Å²) in [6.45, 7) is 0.0237. The lowest BCUT2D eigenvalue weighted by Gasteiger charge is -2.05. The molecular weight excluding hydrogens is 188 g/mol. The largest absolute Gasteiger partial charge is 0.488 e. The van der Waals surface area contributed by atoms with E-state index in [0.717, 1.165) is 6.07 Å². The number of hydrogen-bond acceptors (Lipinski definition) is 3. The Labute approximate surface area is 80.5 Å². The maximum absolute atomic E-state index is 13.0. The number of carbonyl (C=O) groups excluding carboxylic acids is 1. The Morgan fingerprint density at radius 1 is 1.50 bits per heavy atom. The normalized spacial score (nSPS) is 9.64. The summed E-state index contributed by atoms with van der Waals surface area (Å²) >= 11 is 0. The van der Waals surface area contributed by atoms with Crippen molar-refractivity contribution < 1.29 is 19.2 Å². The van der Waals surface area contributed by atoms with Gasteiger partial charge >= 0.3 is 7.12 Å². The van der Waals surface area contributed by atoms with Crippen LogP contribution in [-0.4, -0.2) is 23.6 Å². The van der Waals surface area contributed by atoms with Crippen molar-refractivity contribution >= 4 is 19.0 Å². The van der Waals surface area contributed by atoms with Crippen LogP contribution in [0.1, 0.15) is 5.56 Å². The van der Waals surface area contributed by atoms with Crippen molar-refractivity contribution in [1.29, 1.82) is 0 Å². The third kappa shape index (κ3) is 2.55. The Morgan fingerprint density at radius 2 is 2.21 bits per heavy atom. The van der Waals surface area contributed by atoms with Crippen LogP contribution in [0.2, 0.25) is 0 Å². The van der Waals surface area contributed by atoms with Gasteiger partial charge in [-0.25, -0.2) is 4.39 Å². The standard InChI is InChI=1S/C8H9BFNO3/c10-8-2-1-7(9(13)14)3-6(8)4-11-5-12/h1-3,5,13-14H,4H2,(H,11,12). The number of nitrogens with one attached hydrogen (secondary N) is 1. The maximum Gasteiger partial charge on any atom is 0.488 e. The van der Waals surface area contributed by atoms with E-state index in [1.54, 1.807) is 0 Å². The van der Waals surface area contributed by atoms with Gasteiger partial charge in [0.05, 0.1) is 0 Å². The fourth-order valence-electron chi connectivity index (χ4n) is 1.04. The average Bonchev–Trinajstić information content (AvgIpc) is 2.16. The highest BCUT2D eigenvalue weighted by Crippen LogP contribution is 2.04. The van der Waals surface area contributed by atoms with Gasteiger partial charge in [0.25, 0.3) is 0 Å². The molecule has 0 fully saturated rings. The quantitative estimate of drug-likeness (QED) is 0.417. The SMILES string of the molecule is O=CNCc1cc(B(O)O)ccc1F. The van der Waals surface area contributed by atoms with E-state index in [-0.39, 0.29) is 17.6 Å². The van der Waals surface area contributed by atoms with Crippen LogP contribution < -0.4 is 10.8 Å². The maximum atomic E-state index is 13.0. The minimum atomic E-state index is -1.63. The van der Waals surface area contributed by atoms with Crippen LogP contribution in [0, 0.1) is 5.82 Å². The predicted octanol–water partition coefficient (Wildman–Crippen LogP) is -1.25. The Balaban J connectivity index is 2.90. The van der Waals surface area contributed by atoms with Crippen LogP contribution in [0.3, 0.4) is 0 Å². The molecule has 4 nitrogen and oxygen atoms in total. The smallest absolute Gasteiger partial charge is 0.423 e. The first-order valence-electron chi connectivity index (χ1n) is 3.96. The first kappa shape index (κ1) is 10.7. The molecule has 0 aliphatic carbocycles. The van der Waals surface area contributed by atoms with Crippen LogP contribution in [0.4, 0.5) is 4.39 Å². The summed E-state index contributed by atoms with van der Waals surface area (Å²) in [4.78, 5) is 9.98. The van der Waals surface area contributed by atoms with Gasteiger partial charge in [-0.3, -0.25) is 4.79 Å². The van der Waals surface area contributed by atoms with Crippen molar-refractivity contribution in [2.24, 2.45) is 0 Å². The number of hydrogen-bond donors (Lipinski definition) is 3. The third-order valence-corrected chi connectivity index (χ3v) is 1.74. The van der Waals surface area contributed by atoms with Gasteiger partial charge in [0.15, 0.2) is 0 Å². The molecule has 0 aromatic heterocycles. The molecule has 0 atom stereocenters. The molecule has 0 unspecified atom stereocenters. The summed E-state index contributed by atoms with van der Waals surface area (Å²) in [7, 11) is -1.63. The minimum Gasteiger partial charge on any atom is -0.423 e. The van der Waals surface area contributed by atoms with E-state index < -0.39 is 12.9 Å². The average molecular weight is 197 g/mol. The Hall–Kier alpha value is -1.40. The van der Waals surface area contributed by atoms with E-state index >= 15 is 0 Å². The molecule has 3 N–H and O–H groups in total. The molecule has 74 valence electrons. The zero-order valence-electron chi connectivity index (χ0n) is 7.27. The fraction of sp³-hybridized carbons (Fsp3) is 0.125. The Morgan fingerprint density at radius 3 is 2.79 bits per heavy atom. The lowest BCUT2D eigenvalue weighted by molar-refractivity contribution is -0.109. The van der Waals surface area contributed by atoms with Crippen molar-refractivity contribution in [3.8, 4) is 0 Å². The lowest BCUT2D eigenvalue weighted by Crippen LogP contribution is -2.30. The molecule has 0 bridgehead atoms. The van der Waals surface area contributed by atoms with Gasteiger partial charge in [0, 0.05) is 12.1 Å². The monoisotopic (exact) mass is 197 g/mol. The van der Waals surface area contributed by atoms with Gasteiger partial charge in [0.1, 0.15) is 5.82 Å². The molecule has 0 saturated carbocycles. The highest BCUT2D eigenvalue weighted by molar-refractivity contribution is 6.58. The molecule has 1 aromatic rings. The summed E-state index contributed by atoms with van der Waals surface area (Å²) in [5.74, 6) is -0.497. The first-order chi connectivity index (χ1) is 6.65. The molecule has 1 aromatic carbocycles. The molecular formula is C8H9BFNO3. The zero-order chi connectivity index (χ0) is 10.6.